The molecule has 0 radical (unpaired) electrons. The van der Waals surface area contributed by atoms with Crippen LogP contribution in [0.4, 0.5) is 4.39 Å². The van der Waals surface area contributed by atoms with Gasteiger partial charge >= 0.3 is 0 Å². The molecule has 0 saturated carbocycles. The van der Waals surface area contributed by atoms with E-state index < -0.39 is 6.10 Å². The summed E-state index contributed by atoms with van der Waals surface area (Å²) in [6, 6.07) is 8.97. The lowest BCUT2D eigenvalue weighted by Gasteiger charge is -2.11. The molecule has 1 saturated heterocycles. The third kappa shape index (κ3) is 3.28. The molecule has 108 valence electrons. The Kier molecular flexibility index (Phi) is 3.68. The predicted octanol–water partition coefficient (Wildman–Crippen LogP) is 2.28. The van der Waals surface area contributed by atoms with Crippen LogP contribution in [-0.2, 0) is 4.79 Å². The van der Waals surface area contributed by atoms with E-state index in [0.717, 1.165) is 0 Å². The first-order chi connectivity index (χ1) is 10.2. The van der Waals surface area contributed by atoms with Gasteiger partial charge in [0.15, 0.2) is 6.10 Å². The summed E-state index contributed by atoms with van der Waals surface area (Å²) in [4.78, 5) is 15.5. The number of carbonyl (C=O) groups excluding carboxylic acids is 1. The fourth-order valence-corrected chi connectivity index (χ4v) is 1.97. The van der Waals surface area contributed by atoms with Gasteiger partial charge in [-0.3, -0.25) is 4.79 Å². The van der Waals surface area contributed by atoms with Crippen LogP contribution in [0.2, 0.25) is 0 Å². The van der Waals surface area contributed by atoms with E-state index in [1.54, 1.807) is 12.1 Å². The molecular weight excluding hydrogens is 275 g/mol. The number of halogens is 1. The number of carbonyl (C=O) groups is 1. The summed E-state index contributed by atoms with van der Waals surface area (Å²) in [6.07, 6.45) is 1.67. The van der Waals surface area contributed by atoms with E-state index in [0.29, 0.717) is 30.3 Å². The zero-order chi connectivity index (χ0) is 14.7. The number of ether oxygens (including phenoxy) is 2. The number of nitrogens with one attached hydrogen (secondary N) is 1. The number of nitrogens with zero attached hydrogens (tertiary/aromatic N) is 1. The number of rotatable bonds is 4. The van der Waals surface area contributed by atoms with Crippen LogP contribution in [-0.4, -0.2) is 23.5 Å². The molecule has 1 aromatic heterocycles. The van der Waals surface area contributed by atoms with Crippen molar-refractivity contribution in [3.63, 3.8) is 0 Å². The van der Waals surface area contributed by atoms with Crippen LogP contribution < -0.4 is 14.8 Å². The van der Waals surface area contributed by atoms with Gasteiger partial charge in [0.25, 0.3) is 5.91 Å². The monoisotopic (exact) mass is 288 g/mol. The molecule has 1 fully saturated rings. The van der Waals surface area contributed by atoms with E-state index in [1.807, 2.05) is 0 Å². The van der Waals surface area contributed by atoms with E-state index in [-0.39, 0.29) is 11.7 Å². The first-order valence-corrected chi connectivity index (χ1v) is 6.54. The van der Waals surface area contributed by atoms with Gasteiger partial charge < -0.3 is 14.8 Å². The van der Waals surface area contributed by atoms with Gasteiger partial charge in [-0.2, -0.15) is 0 Å². The summed E-state index contributed by atoms with van der Waals surface area (Å²) in [7, 11) is 0. The van der Waals surface area contributed by atoms with Crippen LogP contribution >= 0.6 is 0 Å². The SMILES string of the molecule is O=C1NCCC1Oc1ccc(Oc2ccc(F)cc2)nc1. The summed E-state index contributed by atoms with van der Waals surface area (Å²) >= 11 is 0. The second-order valence-corrected chi connectivity index (χ2v) is 4.57. The molecule has 1 aliphatic heterocycles. The van der Waals surface area contributed by atoms with Crippen molar-refractivity contribution in [2.45, 2.75) is 12.5 Å². The Hall–Kier alpha value is -2.63. The largest absolute Gasteiger partial charge is 0.479 e. The summed E-state index contributed by atoms with van der Waals surface area (Å²) < 4.78 is 23.8. The number of hydrogen-bond donors (Lipinski definition) is 1. The minimum absolute atomic E-state index is 0.110. The maximum absolute atomic E-state index is 12.8. The lowest BCUT2D eigenvalue weighted by molar-refractivity contribution is -0.124. The number of aromatic nitrogens is 1. The quantitative estimate of drug-likeness (QED) is 0.937. The van der Waals surface area contributed by atoms with Crippen LogP contribution in [0, 0.1) is 5.82 Å². The molecule has 0 spiro atoms. The van der Waals surface area contributed by atoms with Crippen molar-refractivity contribution in [1.29, 1.82) is 0 Å². The molecule has 2 aromatic rings. The second kappa shape index (κ2) is 5.78. The average Bonchev–Trinajstić information content (AvgIpc) is 2.89. The molecule has 0 aliphatic carbocycles. The Morgan fingerprint density at radius 3 is 2.52 bits per heavy atom. The van der Waals surface area contributed by atoms with Gasteiger partial charge in [0.2, 0.25) is 5.88 Å². The van der Waals surface area contributed by atoms with E-state index in [2.05, 4.69) is 10.3 Å². The molecule has 1 amide bonds. The molecular formula is C15H13FN2O3. The summed E-state index contributed by atoms with van der Waals surface area (Å²) in [5.74, 6) is 0.927. The average molecular weight is 288 g/mol. The van der Waals surface area contributed by atoms with Crippen molar-refractivity contribution in [3.05, 3.63) is 48.4 Å². The zero-order valence-corrected chi connectivity index (χ0v) is 11.1. The fraction of sp³-hybridized carbons (Fsp3) is 0.200. The maximum atomic E-state index is 12.8. The lowest BCUT2D eigenvalue weighted by atomic mass is 10.3. The highest BCUT2D eigenvalue weighted by atomic mass is 19.1. The molecule has 1 atom stereocenters. The normalized spacial score (nSPS) is 17.4. The topological polar surface area (TPSA) is 60.5 Å². The maximum Gasteiger partial charge on any atom is 0.261 e. The summed E-state index contributed by atoms with van der Waals surface area (Å²) in [5.41, 5.74) is 0. The first kappa shape index (κ1) is 13.4. The van der Waals surface area contributed by atoms with Crippen molar-refractivity contribution < 1.29 is 18.7 Å². The van der Waals surface area contributed by atoms with Gasteiger partial charge in [-0.15, -0.1) is 0 Å². The van der Waals surface area contributed by atoms with Gasteiger partial charge in [0.05, 0.1) is 6.20 Å². The van der Waals surface area contributed by atoms with Gasteiger partial charge in [-0.05, 0) is 30.3 Å². The molecule has 1 N–H and O–H groups in total. The van der Waals surface area contributed by atoms with Crippen molar-refractivity contribution >= 4 is 5.91 Å². The highest BCUT2D eigenvalue weighted by Crippen LogP contribution is 2.22. The number of pyridine rings is 1. The molecule has 5 nitrogen and oxygen atoms in total. The van der Waals surface area contributed by atoms with Gasteiger partial charge in [-0.25, -0.2) is 9.37 Å². The van der Waals surface area contributed by atoms with E-state index >= 15 is 0 Å². The van der Waals surface area contributed by atoms with Gasteiger partial charge in [-0.1, -0.05) is 0 Å². The Balaban J connectivity index is 1.63. The standard InChI is InChI=1S/C15H13FN2O3/c16-10-1-3-11(4-2-10)21-14-6-5-12(9-18-14)20-13-7-8-17-15(13)19/h1-6,9,13H,7-8H2,(H,17,19). The highest BCUT2D eigenvalue weighted by molar-refractivity contribution is 5.83. The Bertz CT molecular complexity index is 628. The van der Waals surface area contributed by atoms with Crippen molar-refractivity contribution in [1.82, 2.24) is 10.3 Å². The fourth-order valence-electron chi connectivity index (χ4n) is 1.97. The molecule has 3 rings (SSSR count). The van der Waals surface area contributed by atoms with Crippen molar-refractivity contribution in [2.24, 2.45) is 0 Å². The van der Waals surface area contributed by atoms with Crippen molar-refractivity contribution in [3.8, 4) is 17.4 Å². The number of benzene rings is 1. The molecule has 6 heteroatoms. The summed E-state index contributed by atoms with van der Waals surface area (Å²) in [6.45, 7) is 0.628. The minimum Gasteiger partial charge on any atom is -0.479 e. The van der Waals surface area contributed by atoms with E-state index in [9.17, 15) is 9.18 Å². The van der Waals surface area contributed by atoms with Crippen LogP contribution in [0.1, 0.15) is 6.42 Å². The molecule has 1 aliphatic rings. The Morgan fingerprint density at radius 2 is 1.90 bits per heavy atom. The van der Waals surface area contributed by atoms with E-state index in [1.165, 1.54) is 30.5 Å². The molecule has 1 unspecified atom stereocenters. The highest BCUT2D eigenvalue weighted by Gasteiger charge is 2.25. The Labute approximate surface area is 120 Å². The number of amides is 1. The number of hydrogen-bond acceptors (Lipinski definition) is 4. The zero-order valence-electron chi connectivity index (χ0n) is 11.1. The van der Waals surface area contributed by atoms with Crippen LogP contribution in [0.3, 0.4) is 0 Å². The van der Waals surface area contributed by atoms with Crippen LogP contribution in [0.25, 0.3) is 0 Å². The second-order valence-electron chi connectivity index (χ2n) is 4.57. The Morgan fingerprint density at radius 1 is 1.14 bits per heavy atom. The third-order valence-electron chi connectivity index (χ3n) is 3.02. The predicted molar refractivity (Wildman–Crippen MR) is 72.8 cm³/mol. The molecule has 2 heterocycles. The molecule has 21 heavy (non-hydrogen) atoms. The minimum atomic E-state index is -0.462. The van der Waals surface area contributed by atoms with Crippen LogP contribution in [0.15, 0.2) is 42.6 Å². The van der Waals surface area contributed by atoms with Gasteiger partial charge in [0.1, 0.15) is 17.3 Å². The van der Waals surface area contributed by atoms with Gasteiger partial charge in [0, 0.05) is 19.0 Å². The van der Waals surface area contributed by atoms with E-state index in [4.69, 9.17) is 9.47 Å². The smallest absolute Gasteiger partial charge is 0.261 e. The van der Waals surface area contributed by atoms with Crippen molar-refractivity contribution in [2.75, 3.05) is 6.54 Å². The summed E-state index contributed by atoms with van der Waals surface area (Å²) in [5, 5.41) is 2.70. The molecule has 1 aromatic carbocycles. The molecule has 0 bridgehead atoms. The van der Waals surface area contributed by atoms with Crippen LogP contribution in [0.5, 0.6) is 17.4 Å². The lowest BCUT2D eigenvalue weighted by Crippen LogP contribution is -2.27. The first-order valence-electron chi connectivity index (χ1n) is 6.54. The third-order valence-corrected chi connectivity index (χ3v) is 3.02.